The van der Waals surface area contributed by atoms with Crippen molar-refractivity contribution in [1.82, 2.24) is 5.32 Å². The molecule has 0 saturated heterocycles. The molecule has 17 heavy (non-hydrogen) atoms. The molecule has 1 aromatic carbocycles. The van der Waals surface area contributed by atoms with Crippen molar-refractivity contribution in [2.45, 2.75) is 26.3 Å². The highest BCUT2D eigenvalue weighted by Gasteiger charge is 2.42. The molecule has 2 rings (SSSR count). The highest BCUT2D eigenvalue weighted by Crippen LogP contribution is 2.48. The number of rotatable bonds is 4. The van der Waals surface area contributed by atoms with E-state index in [1.165, 1.54) is 12.1 Å². The quantitative estimate of drug-likeness (QED) is 0.828. The largest absolute Gasteiger partial charge is 0.310 e. The van der Waals surface area contributed by atoms with Gasteiger partial charge in [-0.25, -0.2) is 8.78 Å². The van der Waals surface area contributed by atoms with Crippen LogP contribution < -0.4 is 5.32 Å². The topological polar surface area (TPSA) is 12.0 Å². The van der Waals surface area contributed by atoms with Gasteiger partial charge in [-0.05, 0) is 52.9 Å². The lowest BCUT2D eigenvalue weighted by Crippen LogP contribution is -2.25. The van der Waals surface area contributed by atoms with Crippen LogP contribution in [-0.4, -0.2) is 6.54 Å². The highest BCUT2D eigenvalue weighted by molar-refractivity contribution is 9.10. The Labute approximate surface area is 109 Å². The van der Waals surface area contributed by atoms with Gasteiger partial charge in [-0.1, -0.05) is 13.8 Å². The molecule has 3 unspecified atom stereocenters. The predicted molar refractivity (Wildman–Crippen MR) is 67.7 cm³/mol. The Bertz CT molecular complexity index is 422. The average molecular weight is 304 g/mol. The maximum atomic E-state index is 14.0. The summed E-state index contributed by atoms with van der Waals surface area (Å²) in [6, 6.07) is 2.51. The van der Waals surface area contributed by atoms with Gasteiger partial charge in [0.15, 0.2) is 0 Å². The molecule has 1 aliphatic rings. The fraction of sp³-hybridized carbons (Fsp3) is 0.538. The molecule has 0 radical (unpaired) electrons. The predicted octanol–water partition coefficient (Wildman–Crippen LogP) is 4.03. The molecule has 3 atom stereocenters. The number of hydrogen-bond acceptors (Lipinski definition) is 1. The van der Waals surface area contributed by atoms with Gasteiger partial charge in [0.05, 0.1) is 4.47 Å². The Morgan fingerprint density at radius 3 is 2.65 bits per heavy atom. The molecule has 0 bridgehead atoms. The second kappa shape index (κ2) is 5.02. The zero-order valence-electron chi connectivity index (χ0n) is 9.93. The minimum Gasteiger partial charge on any atom is -0.310 e. The van der Waals surface area contributed by atoms with E-state index >= 15 is 0 Å². The minimum atomic E-state index is -0.477. The lowest BCUT2D eigenvalue weighted by molar-refractivity contribution is 0.426. The summed E-state index contributed by atoms with van der Waals surface area (Å²) >= 11 is 3.11. The molecule has 1 fully saturated rings. The maximum Gasteiger partial charge on any atom is 0.145 e. The van der Waals surface area contributed by atoms with Crippen LogP contribution in [0.5, 0.6) is 0 Å². The molecule has 0 spiro atoms. The third kappa shape index (κ3) is 2.52. The summed E-state index contributed by atoms with van der Waals surface area (Å²) in [5.74, 6) is -0.0594. The second-order valence-electron chi connectivity index (χ2n) is 4.67. The van der Waals surface area contributed by atoms with Gasteiger partial charge in [-0.15, -0.1) is 0 Å². The van der Waals surface area contributed by atoms with Crippen LogP contribution in [0.15, 0.2) is 16.6 Å². The van der Waals surface area contributed by atoms with Crippen LogP contribution in [0, 0.1) is 23.5 Å². The Balaban J connectivity index is 2.38. The summed E-state index contributed by atoms with van der Waals surface area (Å²) in [6.45, 7) is 4.77. The van der Waals surface area contributed by atoms with Crippen LogP contribution in [0.25, 0.3) is 0 Å². The van der Waals surface area contributed by atoms with E-state index in [0.29, 0.717) is 22.9 Å². The van der Waals surface area contributed by atoms with Crippen LogP contribution in [0.1, 0.15) is 31.9 Å². The van der Waals surface area contributed by atoms with Gasteiger partial charge in [0.25, 0.3) is 0 Å². The number of nitrogens with one attached hydrogen (secondary N) is 1. The Morgan fingerprint density at radius 2 is 2.12 bits per heavy atom. The van der Waals surface area contributed by atoms with Crippen molar-refractivity contribution in [3.05, 3.63) is 33.8 Å². The molecule has 1 nitrogen and oxygen atoms in total. The third-order valence-electron chi connectivity index (χ3n) is 3.41. The van der Waals surface area contributed by atoms with Crippen molar-refractivity contribution >= 4 is 15.9 Å². The van der Waals surface area contributed by atoms with E-state index < -0.39 is 11.6 Å². The molecule has 1 N–H and O–H groups in total. The third-order valence-corrected chi connectivity index (χ3v) is 4.03. The smallest absolute Gasteiger partial charge is 0.145 e. The van der Waals surface area contributed by atoms with Crippen LogP contribution in [0.3, 0.4) is 0 Å². The molecule has 0 heterocycles. The highest BCUT2D eigenvalue weighted by atomic mass is 79.9. The molecule has 94 valence electrons. The van der Waals surface area contributed by atoms with E-state index in [0.717, 1.165) is 6.42 Å². The summed E-state index contributed by atoms with van der Waals surface area (Å²) in [5, 5.41) is 3.20. The van der Waals surface area contributed by atoms with Gasteiger partial charge in [-0.3, -0.25) is 0 Å². The van der Waals surface area contributed by atoms with Gasteiger partial charge >= 0.3 is 0 Å². The summed E-state index contributed by atoms with van der Waals surface area (Å²) in [4.78, 5) is 0. The van der Waals surface area contributed by atoms with Crippen molar-refractivity contribution in [3.8, 4) is 0 Å². The van der Waals surface area contributed by atoms with E-state index in [1.54, 1.807) is 0 Å². The summed E-state index contributed by atoms with van der Waals surface area (Å²) in [5.41, 5.74) is 0.176. The summed E-state index contributed by atoms with van der Waals surface area (Å²) < 4.78 is 28.2. The first-order chi connectivity index (χ1) is 8.06. The van der Waals surface area contributed by atoms with Crippen LogP contribution >= 0.6 is 15.9 Å². The van der Waals surface area contributed by atoms with Crippen LogP contribution in [0.2, 0.25) is 0 Å². The first-order valence-electron chi connectivity index (χ1n) is 5.93. The number of halogens is 3. The fourth-order valence-electron chi connectivity index (χ4n) is 2.33. The van der Waals surface area contributed by atoms with Crippen LogP contribution in [-0.2, 0) is 0 Å². The molecular formula is C13H16BrF2N. The van der Waals surface area contributed by atoms with Crippen molar-refractivity contribution in [3.63, 3.8) is 0 Å². The van der Waals surface area contributed by atoms with Crippen molar-refractivity contribution in [1.29, 1.82) is 0 Å². The number of hydrogen-bond donors (Lipinski definition) is 1. The Morgan fingerprint density at radius 1 is 1.47 bits per heavy atom. The van der Waals surface area contributed by atoms with Gasteiger partial charge < -0.3 is 5.32 Å². The minimum absolute atomic E-state index is 0.176. The molecule has 1 saturated carbocycles. The molecule has 0 aromatic heterocycles. The van der Waals surface area contributed by atoms with E-state index in [4.69, 9.17) is 0 Å². The molecule has 0 amide bonds. The number of benzene rings is 1. The van der Waals surface area contributed by atoms with E-state index in [9.17, 15) is 8.78 Å². The van der Waals surface area contributed by atoms with E-state index in [-0.39, 0.29) is 11.6 Å². The normalized spacial score (nSPS) is 24.8. The van der Waals surface area contributed by atoms with Gasteiger partial charge in [0, 0.05) is 11.6 Å². The first-order valence-corrected chi connectivity index (χ1v) is 6.72. The first kappa shape index (κ1) is 13.0. The summed E-state index contributed by atoms with van der Waals surface area (Å²) in [7, 11) is 0. The Hall–Kier alpha value is -0.480. The Kier molecular flexibility index (Phi) is 3.83. The molecule has 0 aliphatic heterocycles. The second-order valence-corrected chi connectivity index (χ2v) is 5.52. The van der Waals surface area contributed by atoms with Crippen LogP contribution in [0.4, 0.5) is 8.78 Å². The van der Waals surface area contributed by atoms with E-state index in [1.807, 2.05) is 6.92 Å². The lowest BCUT2D eigenvalue weighted by Gasteiger charge is -2.20. The summed E-state index contributed by atoms with van der Waals surface area (Å²) in [6.07, 6.45) is 1.03. The van der Waals surface area contributed by atoms with Gasteiger partial charge in [0.2, 0.25) is 0 Å². The molecule has 1 aromatic rings. The SMILES string of the molecule is CCNC(c1c(F)ccc(Br)c1F)C1CC1C. The zero-order chi connectivity index (χ0) is 12.6. The lowest BCUT2D eigenvalue weighted by atomic mass is 10.00. The fourth-order valence-corrected chi connectivity index (χ4v) is 2.68. The van der Waals surface area contributed by atoms with Gasteiger partial charge in [-0.2, -0.15) is 0 Å². The molecule has 1 aliphatic carbocycles. The monoisotopic (exact) mass is 303 g/mol. The maximum absolute atomic E-state index is 14.0. The van der Waals surface area contributed by atoms with Crippen molar-refractivity contribution in [2.75, 3.05) is 6.54 Å². The van der Waals surface area contributed by atoms with Crippen molar-refractivity contribution < 1.29 is 8.78 Å². The zero-order valence-corrected chi connectivity index (χ0v) is 11.5. The standard InChI is InChI=1S/C13H16BrF2N/c1-3-17-13(8-6-7(8)2)11-10(15)5-4-9(14)12(11)16/h4-5,7-8,13,17H,3,6H2,1-2H3. The van der Waals surface area contributed by atoms with Crippen molar-refractivity contribution in [2.24, 2.45) is 11.8 Å². The van der Waals surface area contributed by atoms with E-state index in [2.05, 4.69) is 28.2 Å². The van der Waals surface area contributed by atoms with Gasteiger partial charge in [0.1, 0.15) is 11.6 Å². The molecular weight excluding hydrogens is 288 g/mol. The molecule has 4 heteroatoms. The average Bonchev–Trinajstić information content (AvgIpc) is 3.00.